The second-order valence-electron chi connectivity index (χ2n) is 9.71. The minimum absolute atomic E-state index is 0.161. The van der Waals surface area contributed by atoms with Crippen molar-refractivity contribution >= 4 is 10.8 Å². The molecule has 0 saturated carbocycles. The topological polar surface area (TPSA) is 0 Å². The summed E-state index contributed by atoms with van der Waals surface area (Å²) in [5, 5.41) is 2.72. The molecule has 0 atom stereocenters. The molecule has 2 rings (SSSR count). The van der Waals surface area contributed by atoms with Crippen LogP contribution in [-0.4, -0.2) is 0 Å². The van der Waals surface area contributed by atoms with Gasteiger partial charge in [-0.25, -0.2) is 0 Å². The number of hydrogen-bond acceptors (Lipinski definition) is 0. The van der Waals surface area contributed by atoms with Crippen molar-refractivity contribution in [3.8, 4) is 0 Å². The first kappa shape index (κ1) is 17.1. The maximum Gasteiger partial charge on any atom is -0.0129 e. The minimum Gasteiger partial charge on any atom is -0.0579 e. The first-order valence-electron chi connectivity index (χ1n) is 8.39. The average molecular weight is 296 g/mol. The molecular weight excluding hydrogens is 264 g/mol. The Morgan fingerprint density at radius 2 is 0.955 bits per heavy atom. The Hall–Kier alpha value is -1.30. The van der Waals surface area contributed by atoms with Gasteiger partial charge in [-0.2, -0.15) is 0 Å². The van der Waals surface area contributed by atoms with Gasteiger partial charge in [0.1, 0.15) is 0 Å². The summed E-state index contributed by atoms with van der Waals surface area (Å²) in [4.78, 5) is 0. The highest BCUT2D eigenvalue weighted by Crippen LogP contribution is 2.37. The predicted molar refractivity (Wildman–Crippen MR) is 100 cm³/mol. The molecule has 2 aromatic rings. The molecule has 0 heteroatoms. The van der Waals surface area contributed by atoms with E-state index < -0.39 is 0 Å². The molecule has 0 bridgehead atoms. The quantitative estimate of drug-likeness (QED) is 0.505. The highest BCUT2D eigenvalue weighted by Gasteiger charge is 2.25. The van der Waals surface area contributed by atoms with Gasteiger partial charge in [0, 0.05) is 0 Å². The first-order valence-corrected chi connectivity index (χ1v) is 8.39. The van der Waals surface area contributed by atoms with Gasteiger partial charge in [-0.05, 0) is 43.7 Å². The molecular formula is C22H32. The lowest BCUT2D eigenvalue weighted by molar-refractivity contribution is 0.531. The van der Waals surface area contributed by atoms with Crippen LogP contribution in [0, 0.1) is 0 Å². The number of benzene rings is 2. The highest BCUT2D eigenvalue weighted by molar-refractivity contribution is 5.85. The smallest absolute Gasteiger partial charge is 0.0129 e. The van der Waals surface area contributed by atoms with Gasteiger partial charge in [-0.15, -0.1) is 0 Å². The molecule has 0 aliphatic heterocycles. The summed E-state index contributed by atoms with van der Waals surface area (Å²) in [6, 6.07) is 11.8. The van der Waals surface area contributed by atoms with Crippen molar-refractivity contribution in [1.82, 2.24) is 0 Å². The Labute approximate surface area is 136 Å². The van der Waals surface area contributed by atoms with Crippen molar-refractivity contribution in [3.05, 3.63) is 47.0 Å². The molecule has 0 aliphatic rings. The summed E-state index contributed by atoms with van der Waals surface area (Å²) in [5.41, 5.74) is 4.87. The summed E-state index contributed by atoms with van der Waals surface area (Å²) in [6.07, 6.45) is 0. The molecule has 120 valence electrons. The highest BCUT2D eigenvalue weighted by atomic mass is 14.3. The van der Waals surface area contributed by atoms with Crippen LogP contribution < -0.4 is 0 Å². The van der Waals surface area contributed by atoms with Crippen molar-refractivity contribution < 1.29 is 0 Å². The zero-order valence-electron chi connectivity index (χ0n) is 15.9. The predicted octanol–water partition coefficient (Wildman–Crippen LogP) is 6.73. The van der Waals surface area contributed by atoms with E-state index >= 15 is 0 Å². The van der Waals surface area contributed by atoms with Crippen LogP contribution in [-0.2, 0) is 16.2 Å². The van der Waals surface area contributed by atoms with E-state index in [0.29, 0.717) is 0 Å². The third-order valence-corrected chi connectivity index (χ3v) is 4.46. The Kier molecular flexibility index (Phi) is 3.97. The van der Waals surface area contributed by atoms with Crippen molar-refractivity contribution in [2.75, 3.05) is 0 Å². The van der Waals surface area contributed by atoms with Gasteiger partial charge >= 0.3 is 0 Å². The van der Waals surface area contributed by atoms with Crippen LogP contribution >= 0.6 is 0 Å². The van der Waals surface area contributed by atoms with Gasteiger partial charge in [0.05, 0.1) is 0 Å². The minimum atomic E-state index is 0.161. The molecule has 2 aromatic carbocycles. The van der Waals surface area contributed by atoms with Crippen molar-refractivity contribution in [3.63, 3.8) is 0 Å². The zero-order valence-corrected chi connectivity index (χ0v) is 15.9. The zero-order chi connectivity index (χ0) is 16.9. The van der Waals surface area contributed by atoms with E-state index in [1.54, 1.807) is 0 Å². The van der Waals surface area contributed by atoms with E-state index in [9.17, 15) is 0 Å². The van der Waals surface area contributed by atoms with Crippen LogP contribution in [0.2, 0.25) is 0 Å². The number of fused-ring (bicyclic) bond motifs is 1. The average Bonchev–Trinajstić information content (AvgIpc) is 2.33. The third kappa shape index (κ3) is 3.37. The van der Waals surface area contributed by atoms with Crippen LogP contribution in [0.3, 0.4) is 0 Å². The van der Waals surface area contributed by atoms with Gasteiger partial charge in [0.15, 0.2) is 0 Å². The molecule has 0 heterocycles. The fourth-order valence-electron chi connectivity index (χ4n) is 3.01. The Morgan fingerprint density at radius 3 is 1.36 bits per heavy atom. The van der Waals surface area contributed by atoms with E-state index in [4.69, 9.17) is 0 Å². The molecule has 0 aromatic heterocycles. The molecule has 0 unspecified atom stereocenters. The van der Waals surface area contributed by atoms with Crippen molar-refractivity contribution in [2.24, 2.45) is 0 Å². The van der Waals surface area contributed by atoms with E-state index in [0.717, 1.165) is 0 Å². The molecule has 0 saturated heterocycles. The monoisotopic (exact) mass is 296 g/mol. The van der Waals surface area contributed by atoms with E-state index in [2.05, 4.69) is 92.6 Å². The van der Waals surface area contributed by atoms with Crippen LogP contribution in [0.15, 0.2) is 30.3 Å². The summed E-state index contributed by atoms with van der Waals surface area (Å²) >= 11 is 0. The number of rotatable bonds is 0. The Balaban J connectivity index is 2.79. The summed E-state index contributed by atoms with van der Waals surface area (Å²) in [7, 11) is 0. The largest absolute Gasteiger partial charge is 0.0579 e. The Bertz CT molecular complexity index is 683. The van der Waals surface area contributed by atoms with Gasteiger partial charge in [-0.1, -0.05) is 92.6 Å². The van der Waals surface area contributed by atoms with Gasteiger partial charge < -0.3 is 0 Å². The Morgan fingerprint density at radius 1 is 0.500 bits per heavy atom. The molecule has 22 heavy (non-hydrogen) atoms. The summed E-state index contributed by atoms with van der Waals surface area (Å²) in [5.74, 6) is 0. The SMILES string of the molecule is CC(C)(C)c1ccc2cc(C(C)(C)C)c(C(C)(C)C)cc2c1. The maximum atomic E-state index is 2.42. The summed E-state index contributed by atoms with van der Waals surface area (Å²) in [6.45, 7) is 20.7. The molecule has 0 N–H and O–H groups in total. The van der Waals surface area contributed by atoms with E-state index in [1.807, 2.05) is 0 Å². The molecule has 0 fully saturated rings. The van der Waals surface area contributed by atoms with Crippen LogP contribution in [0.5, 0.6) is 0 Å². The number of hydrogen-bond donors (Lipinski definition) is 0. The van der Waals surface area contributed by atoms with Crippen LogP contribution in [0.1, 0.15) is 79.0 Å². The van der Waals surface area contributed by atoms with E-state index in [-0.39, 0.29) is 16.2 Å². The first-order chi connectivity index (χ1) is 9.80. The lowest BCUT2D eigenvalue weighted by atomic mass is 9.74. The van der Waals surface area contributed by atoms with Crippen molar-refractivity contribution in [1.29, 1.82) is 0 Å². The van der Waals surface area contributed by atoms with Gasteiger partial charge in [0.25, 0.3) is 0 Å². The van der Waals surface area contributed by atoms with Crippen LogP contribution in [0.25, 0.3) is 10.8 Å². The second-order valence-corrected chi connectivity index (χ2v) is 9.71. The summed E-state index contributed by atoms with van der Waals surface area (Å²) < 4.78 is 0. The van der Waals surface area contributed by atoms with Crippen molar-refractivity contribution in [2.45, 2.75) is 78.6 Å². The molecule has 0 amide bonds. The molecule has 0 radical (unpaired) electrons. The molecule has 0 spiro atoms. The van der Waals surface area contributed by atoms with Crippen LogP contribution in [0.4, 0.5) is 0 Å². The van der Waals surface area contributed by atoms with Gasteiger partial charge in [0.2, 0.25) is 0 Å². The second kappa shape index (κ2) is 5.11. The lowest BCUT2D eigenvalue weighted by Gasteiger charge is -2.31. The lowest BCUT2D eigenvalue weighted by Crippen LogP contribution is -2.22. The van der Waals surface area contributed by atoms with E-state index in [1.165, 1.54) is 27.5 Å². The third-order valence-electron chi connectivity index (χ3n) is 4.46. The molecule has 0 aliphatic carbocycles. The standard InChI is InChI=1S/C22H32/c1-20(2,3)17-11-10-15-13-18(21(4,5)6)19(22(7,8)9)14-16(15)12-17/h10-14H,1-9H3. The molecule has 0 nitrogen and oxygen atoms in total. The normalized spacial score (nSPS) is 13.7. The van der Waals surface area contributed by atoms with Gasteiger partial charge in [-0.3, -0.25) is 0 Å². The maximum absolute atomic E-state index is 2.42. The fraction of sp³-hybridized carbons (Fsp3) is 0.545. The fourth-order valence-corrected chi connectivity index (χ4v) is 3.01.